The Morgan fingerprint density at radius 3 is 2.43 bits per heavy atom. The molecule has 44 heavy (non-hydrogen) atoms. The summed E-state index contributed by atoms with van der Waals surface area (Å²) in [6, 6.07) is 6.75. The molecule has 1 amide bonds. The normalized spacial score (nSPS) is 27.6. The Bertz CT molecular complexity index is 1150. The number of rotatable bonds is 9. The molecule has 1 N–H and O–H groups in total. The van der Waals surface area contributed by atoms with Gasteiger partial charge in [0, 0.05) is 25.1 Å². The van der Waals surface area contributed by atoms with Crippen LogP contribution in [-0.4, -0.2) is 30.2 Å². The molecule has 1 saturated heterocycles. The Hall–Kier alpha value is -3.02. The summed E-state index contributed by atoms with van der Waals surface area (Å²) in [5.41, 5.74) is 2.28. The highest BCUT2D eigenvalue weighted by Gasteiger charge is 2.54. The Labute approximate surface area is 266 Å². The van der Waals surface area contributed by atoms with E-state index in [2.05, 4.69) is 58.1 Å². The Balaban J connectivity index is 0.000000264. The van der Waals surface area contributed by atoms with Crippen LogP contribution in [0.3, 0.4) is 0 Å². The average molecular weight is 609 g/mol. The maximum Gasteiger partial charge on any atom is 0.309 e. The van der Waals surface area contributed by atoms with Gasteiger partial charge in [0.2, 0.25) is 5.91 Å². The summed E-state index contributed by atoms with van der Waals surface area (Å²) in [7, 11) is 0. The summed E-state index contributed by atoms with van der Waals surface area (Å²) < 4.78 is 18.7. The Morgan fingerprint density at radius 2 is 1.89 bits per heavy atom. The fourth-order valence-corrected chi connectivity index (χ4v) is 7.09. The van der Waals surface area contributed by atoms with Crippen molar-refractivity contribution in [3.8, 4) is 0 Å². The number of benzene rings is 1. The lowest BCUT2D eigenvalue weighted by Crippen LogP contribution is -2.48. The summed E-state index contributed by atoms with van der Waals surface area (Å²) in [6.45, 7) is 21.9. The van der Waals surface area contributed by atoms with Crippen LogP contribution in [0.4, 0.5) is 4.39 Å². The van der Waals surface area contributed by atoms with E-state index < -0.39 is 0 Å². The molecule has 5 nitrogen and oxygen atoms in total. The second-order valence-electron chi connectivity index (χ2n) is 12.7. The molecule has 2 saturated carbocycles. The summed E-state index contributed by atoms with van der Waals surface area (Å²) in [5.74, 6) is 3.17. The van der Waals surface area contributed by atoms with E-state index in [4.69, 9.17) is 4.74 Å². The van der Waals surface area contributed by atoms with Crippen LogP contribution < -0.4 is 5.32 Å². The first-order valence-electron chi connectivity index (χ1n) is 16.8. The number of hydrogen-bond donors (Lipinski definition) is 1. The van der Waals surface area contributed by atoms with Gasteiger partial charge in [0.1, 0.15) is 11.9 Å². The largest absolute Gasteiger partial charge is 0.462 e. The third-order valence-corrected chi connectivity index (χ3v) is 9.71. The third-order valence-electron chi connectivity index (χ3n) is 9.71. The second kappa shape index (κ2) is 18.7. The fraction of sp³-hybridized carbons (Fsp3) is 0.605. The molecule has 1 aliphatic heterocycles. The van der Waals surface area contributed by atoms with Gasteiger partial charge in [-0.05, 0) is 92.0 Å². The highest BCUT2D eigenvalue weighted by molar-refractivity contribution is 6.10. The molecule has 0 radical (unpaired) electrons. The van der Waals surface area contributed by atoms with Gasteiger partial charge in [0.25, 0.3) is 0 Å². The maximum atomic E-state index is 13.1. The van der Waals surface area contributed by atoms with Gasteiger partial charge < -0.3 is 10.1 Å². The number of fused-ring (bicyclic) bond motifs is 2. The van der Waals surface area contributed by atoms with Gasteiger partial charge in [-0.25, -0.2) is 4.39 Å². The highest BCUT2D eigenvalue weighted by Crippen LogP contribution is 2.53. The first kappa shape index (κ1) is 37.2. The number of ether oxygens (including phenoxy) is 1. The van der Waals surface area contributed by atoms with Crippen molar-refractivity contribution in [1.82, 2.24) is 5.32 Å². The van der Waals surface area contributed by atoms with Crippen molar-refractivity contribution in [2.24, 2.45) is 40.5 Å². The van der Waals surface area contributed by atoms with Crippen LogP contribution in [-0.2, 0) is 14.3 Å². The molecule has 6 heteroatoms. The Morgan fingerprint density at radius 1 is 1.18 bits per heavy atom. The zero-order valence-corrected chi connectivity index (χ0v) is 28.3. The maximum absolute atomic E-state index is 13.1. The molecule has 1 aromatic rings. The lowest BCUT2D eigenvalue weighted by atomic mass is 9.56. The lowest BCUT2D eigenvalue weighted by Gasteiger charge is -2.48. The van der Waals surface area contributed by atoms with E-state index in [0.29, 0.717) is 35.4 Å². The number of hydrogen-bond acceptors (Lipinski definition) is 4. The molecule has 5 unspecified atom stereocenters. The van der Waals surface area contributed by atoms with Gasteiger partial charge in [-0.2, -0.15) is 0 Å². The molecule has 7 atom stereocenters. The first-order valence-corrected chi connectivity index (χ1v) is 16.8. The van der Waals surface area contributed by atoms with E-state index in [1.165, 1.54) is 31.4 Å². The zero-order chi connectivity index (χ0) is 32.8. The monoisotopic (exact) mass is 608 g/mol. The topological polar surface area (TPSA) is 67.8 Å². The third kappa shape index (κ3) is 10.9. The molecular weight excluding hydrogens is 551 g/mol. The van der Waals surface area contributed by atoms with E-state index in [9.17, 15) is 14.0 Å². The van der Waals surface area contributed by atoms with Gasteiger partial charge >= 0.3 is 5.97 Å². The van der Waals surface area contributed by atoms with Crippen LogP contribution in [0.15, 0.2) is 60.3 Å². The van der Waals surface area contributed by atoms with Crippen molar-refractivity contribution < 1.29 is 18.7 Å². The molecule has 1 heterocycles. The SMILES string of the molecule is C=CC(=C)N=C/C(=C\CC)c1cccc(F)c1.CCC(C)CC.CCC1[C@@H]2CCC(NC(C)=O)CC2CC2C(=O)OC(C)[C@@H]21. The van der Waals surface area contributed by atoms with Crippen LogP contribution in [0.25, 0.3) is 5.57 Å². The van der Waals surface area contributed by atoms with E-state index in [1.807, 2.05) is 19.1 Å². The van der Waals surface area contributed by atoms with Crippen molar-refractivity contribution in [1.29, 1.82) is 0 Å². The molecule has 0 aromatic heterocycles. The van der Waals surface area contributed by atoms with Gasteiger partial charge in [0.05, 0.1) is 11.6 Å². The number of halogens is 1. The van der Waals surface area contributed by atoms with Gasteiger partial charge in [0.15, 0.2) is 0 Å². The summed E-state index contributed by atoms with van der Waals surface area (Å²) in [5, 5.41) is 3.07. The first-order chi connectivity index (χ1) is 21.0. The van der Waals surface area contributed by atoms with E-state index >= 15 is 0 Å². The molecule has 3 fully saturated rings. The van der Waals surface area contributed by atoms with E-state index in [-0.39, 0.29) is 29.7 Å². The minimum atomic E-state index is -0.250. The molecular formula is C38H57FN2O3. The van der Waals surface area contributed by atoms with Crippen molar-refractivity contribution >= 4 is 23.7 Å². The van der Waals surface area contributed by atoms with Gasteiger partial charge in [-0.15, -0.1) is 0 Å². The smallest absolute Gasteiger partial charge is 0.309 e. The minimum absolute atomic E-state index is 0.0195. The number of nitrogens with zero attached hydrogens (tertiary/aromatic N) is 1. The predicted octanol–water partition coefficient (Wildman–Crippen LogP) is 9.35. The standard InChI is InChI=1S/C17H27NO3.C15H16FN.C6H14/c1-4-13-14-6-5-12(18-10(3)19)7-11(14)8-15-16(13)9(2)21-17(15)20;1-4-7-14(11-17-12(3)5-2)13-8-6-9-15(16)10-13;1-4-6(3)5-2/h9,11-16H,4-8H2,1-3H3,(H,18,19);5-11H,2-4H2,1H3;6H,4-5H2,1-3H3/b;14-7+,17-11?;/t9?,11?,12?,13?,14-,15?,16-;;/m1../s1. The van der Waals surface area contributed by atoms with E-state index in [1.54, 1.807) is 25.3 Å². The number of aliphatic imine (C=N–C) groups is 1. The minimum Gasteiger partial charge on any atom is -0.462 e. The molecule has 2 aliphatic carbocycles. The molecule has 0 bridgehead atoms. The number of cyclic esters (lactones) is 1. The van der Waals surface area contributed by atoms with Crippen LogP contribution in [0.1, 0.15) is 105 Å². The number of allylic oxidation sites excluding steroid dienone is 3. The molecule has 0 spiro atoms. The van der Waals surface area contributed by atoms with Crippen molar-refractivity contribution in [2.45, 2.75) is 112 Å². The number of carbonyl (C=O) groups excluding carboxylic acids is 2. The van der Waals surface area contributed by atoms with Crippen molar-refractivity contribution in [3.05, 3.63) is 66.7 Å². The summed E-state index contributed by atoms with van der Waals surface area (Å²) in [4.78, 5) is 27.5. The molecule has 244 valence electrons. The average Bonchev–Trinajstić information content (AvgIpc) is 3.29. The number of amides is 1. The van der Waals surface area contributed by atoms with Crippen molar-refractivity contribution in [3.63, 3.8) is 0 Å². The summed E-state index contributed by atoms with van der Waals surface area (Å²) >= 11 is 0. The quantitative estimate of drug-likeness (QED) is 0.173. The van der Waals surface area contributed by atoms with Crippen LogP contribution in [0.5, 0.6) is 0 Å². The summed E-state index contributed by atoms with van der Waals surface area (Å²) in [6.07, 6.45) is 14.2. The Kier molecular flexibility index (Phi) is 15.8. The predicted molar refractivity (Wildman–Crippen MR) is 182 cm³/mol. The second-order valence-corrected chi connectivity index (χ2v) is 12.7. The lowest BCUT2D eigenvalue weighted by molar-refractivity contribution is -0.144. The number of carbonyl (C=O) groups is 2. The molecule has 1 aromatic carbocycles. The van der Waals surface area contributed by atoms with Crippen LogP contribution in [0, 0.1) is 41.3 Å². The van der Waals surface area contributed by atoms with Gasteiger partial charge in [-0.1, -0.05) is 85.2 Å². The van der Waals surface area contributed by atoms with E-state index in [0.717, 1.165) is 49.2 Å². The van der Waals surface area contributed by atoms with Crippen LogP contribution in [0.2, 0.25) is 0 Å². The number of esters is 1. The molecule has 3 aliphatic rings. The number of nitrogens with one attached hydrogen (secondary N) is 1. The zero-order valence-electron chi connectivity index (χ0n) is 28.3. The highest BCUT2D eigenvalue weighted by atomic mass is 19.1. The van der Waals surface area contributed by atoms with Crippen LogP contribution >= 0.6 is 0 Å². The van der Waals surface area contributed by atoms with Crippen molar-refractivity contribution in [2.75, 3.05) is 0 Å². The molecule has 4 rings (SSSR count). The fourth-order valence-electron chi connectivity index (χ4n) is 7.09. The van der Waals surface area contributed by atoms with Gasteiger partial charge in [-0.3, -0.25) is 14.6 Å².